The van der Waals surface area contributed by atoms with Crippen LogP contribution in [-0.4, -0.2) is 16.0 Å². The largest absolute Gasteiger partial charge is 0.328 e. The van der Waals surface area contributed by atoms with Crippen molar-refractivity contribution >= 4 is 0 Å². The molecule has 0 bridgehead atoms. The number of aromatic nitrogens is 2. The van der Waals surface area contributed by atoms with Crippen LogP contribution in [0.25, 0.3) is 11.3 Å². The molecule has 1 unspecified atom stereocenters. The highest BCUT2D eigenvalue weighted by Gasteiger charge is 2.08. The third kappa shape index (κ3) is 3.64. The molecule has 2 aromatic rings. The van der Waals surface area contributed by atoms with Crippen molar-refractivity contribution in [3.63, 3.8) is 0 Å². The van der Waals surface area contributed by atoms with E-state index in [1.54, 1.807) is 0 Å². The standard InChI is InChI=1S/C17H23N3/c1-11-5-7-15(12(2)9-11)16-10-14(4)19-17(20-16)8-6-13(3)18/h5,7,9-10,13H,6,8,18H2,1-4H3. The minimum absolute atomic E-state index is 0.184. The van der Waals surface area contributed by atoms with Crippen LogP contribution in [0.4, 0.5) is 0 Å². The maximum absolute atomic E-state index is 5.81. The topological polar surface area (TPSA) is 51.8 Å². The van der Waals surface area contributed by atoms with E-state index in [9.17, 15) is 0 Å². The van der Waals surface area contributed by atoms with E-state index in [1.165, 1.54) is 16.7 Å². The van der Waals surface area contributed by atoms with Crippen molar-refractivity contribution in [2.24, 2.45) is 5.73 Å². The highest BCUT2D eigenvalue weighted by atomic mass is 14.9. The first-order chi connectivity index (χ1) is 9.45. The van der Waals surface area contributed by atoms with Crippen LogP contribution in [0.3, 0.4) is 0 Å². The van der Waals surface area contributed by atoms with Crippen LogP contribution in [0.5, 0.6) is 0 Å². The van der Waals surface area contributed by atoms with Crippen LogP contribution >= 0.6 is 0 Å². The van der Waals surface area contributed by atoms with Crippen LogP contribution < -0.4 is 5.73 Å². The number of nitrogens with zero attached hydrogens (tertiary/aromatic N) is 2. The zero-order valence-corrected chi connectivity index (χ0v) is 12.8. The molecule has 0 spiro atoms. The summed E-state index contributed by atoms with van der Waals surface area (Å²) in [6.07, 6.45) is 1.74. The lowest BCUT2D eigenvalue weighted by molar-refractivity contribution is 0.647. The van der Waals surface area contributed by atoms with Gasteiger partial charge in [0, 0.05) is 23.7 Å². The first kappa shape index (κ1) is 14.7. The molecule has 0 aliphatic rings. The van der Waals surface area contributed by atoms with Crippen molar-refractivity contribution in [3.05, 3.63) is 46.9 Å². The van der Waals surface area contributed by atoms with E-state index >= 15 is 0 Å². The smallest absolute Gasteiger partial charge is 0.129 e. The van der Waals surface area contributed by atoms with Gasteiger partial charge in [0.05, 0.1) is 5.69 Å². The Morgan fingerprint density at radius 1 is 1.10 bits per heavy atom. The maximum Gasteiger partial charge on any atom is 0.129 e. The summed E-state index contributed by atoms with van der Waals surface area (Å²) in [6.45, 7) is 8.27. The first-order valence-corrected chi connectivity index (χ1v) is 7.13. The molecule has 3 heteroatoms. The molecule has 1 aromatic carbocycles. The molecule has 0 saturated carbocycles. The Labute approximate surface area is 121 Å². The quantitative estimate of drug-likeness (QED) is 0.926. The SMILES string of the molecule is Cc1ccc(-c2cc(C)nc(CCC(C)N)n2)c(C)c1. The molecular weight excluding hydrogens is 246 g/mol. The van der Waals surface area contributed by atoms with Crippen LogP contribution in [0.15, 0.2) is 24.3 Å². The molecule has 20 heavy (non-hydrogen) atoms. The van der Waals surface area contributed by atoms with E-state index < -0.39 is 0 Å². The molecule has 0 saturated heterocycles. The van der Waals surface area contributed by atoms with Crippen LogP contribution in [-0.2, 0) is 6.42 Å². The summed E-state index contributed by atoms with van der Waals surface area (Å²) in [5.74, 6) is 0.886. The second-order valence-corrected chi connectivity index (χ2v) is 5.65. The fourth-order valence-corrected chi connectivity index (χ4v) is 2.34. The van der Waals surface area contributed by atoms with E-state index in [2.05, 4.69) is 37.0 Å². The summed E-state index contributed by atoms with van der Waals surface area (Å²) in [4.78, 5) is 9.21. The van der Waals surface area contributed by atoms with E-state index in [1.807, 2.05) is 19.9 Å². The van der Waals surface area contributed by atoms with Crippen molar-refractivity contribution in [2.45, 2.75) is 46.6 Å². The van der Waals surface area contributed by atoms with Gasteiger partial charge in [-0.05, 0) is 45.7 Å². The number of benzene rings is 1. The Bertz CT molecular complexity index is 603. The second-order valence-electron chi connectivity index (χ2n) is 5.65. The fraction of sp³-hybridized carbons (Fsp3) is 0.412. The number of rotatable bonds is 4. The first-order valence-electron chi connectivity index (χ1n) is 7.13. The summed E-state index contributed by atoms with van der Waals surface area (Å²) < 4.78 is 0. The van der Waals surface area contributed by atoms with Crippen molar-refractivity contribution in [3.8, 4) is 11.3 Å². The number of aryl methyl sites for hydroxylation is 4. The summed E-state index contributed by atoms with van der Waals surface area (Å²) in [5, 5.41) is 0. The molecule has 1 heterocycles. The average molecular weight is 269 g/mol. The zero-order chi connectivity index (χ0) is 14.7. The van der Waals surface area contributed by atoms with Gasteiger partial charge in [-0.2, -0.15) is 0 Å². The van der Waals surface area contributed by atoms with Gasteiger partial charge in [0.1, 0.15) is 5.82 Å². The lowest BCUT2D eigenvalue weighted by Crippen LogP contribution is -2.16. The Morgan fingerprint density at radius 2 is 1.85 bits per heavy atom. The molecular formula is C17H23N3. The molecule has 0 fully saturated rings. The minimum atomic E-state index is 0.184. The predicted octanol–water partition coefficient (Wildman–Crippen LogP) is 3.35. The summed E-state index contributed by atoms with van der Waals surface area (Å²) in [5.41, 5.74) is 11.5. The molecule has 1 aromatic heterocycles. The van der Waals surface area contributed by atoms with Crippen LogP contribution in [0.1, 0.15) is 36.0 Å². The van der Waals surface area contributed by atoms with Crippen molar-refractivity contribution in [1.82, 2.24) is 9.97 Å². The zero-order valence-electron chi connectivity index (χ0n) is 12.8. The highest BCUT2D eigenvalue weighted by molar-refractivity contribution is 5.64. The second kappa shape index (κ2) is 6.14. The minimum Gasteiger partial charge on any atom is -0.328 e. The van der Waals surface area contributed by atoms with Crippen molar-refractivity contribution in [2.75, 3.05) is 0 Å². The fourth-order valence-electron chi connectivity index (χ4n) is 2.34. The van der Waals surface area contributed by atoms with E-state index in [-0.39, 0.29) is 6.04 Å². The van der Waals surface area contributed by atoms with Gasteiger partial charge in [-0.3, -0.25) is 0 Å². The average Bonchev–Trinajstić information content (AvgIpc) is 2.35. The van der Waals surface area contributed by atoms with Gasteiger partial charge in [-0.15, -0.1) is 0 Å². The molecule has 0 radical (unpaired) electrons. The van der Waals surface area contributed by atoms with E-state index in [0.29, 0.717) is 0 Å². The monoisotopic (exact) mass is 269 g/mol. The normalized spacial score (nSPS) is 12.4. The lowest BCUT2D eigenvalue weighted by atomic mass is 10.0. The third-order valence-corrected chi connectivity index (χ3v) is 3.38. The third-order valence-electron chi connectivity index (χ3n) is 3.38. The van der Waals surface area contributed by atoms with Crippen molar-refractivity contribution in [1.29, 1.82) is 0 Å². The van der Waals surface area contributed by atoms with E-state index in [0.717, 1.165) is 30.1 Å². The lowest BCUT2D eigenvalue weighted by Gasteiger charge is -2.10. The van der Waals surface area contributed by atoms with E-state index in [4.69, 9.17) is 10.7 Å². The molecule has 0 amide bonds. The summed E-state index contributed by atoms with van der Waals surface area (Å²) in [7, 11) is 0. The van der Waals surface area contributed by atoms with Gasteiger partial charge in [0.25, 0.3) is 0 Å². The molecule has 0 aliphatic heterocycles. The van der Waals surface area contributed by atoms with Crippen LogP contribution in [0.2, 0.25) is 0 Å². The Kier molecular flexibility index (Phi) is 4.50. The van der Waals surface area contributed by atoms with Gasteiger partial charge < -0.3 is 5.73 Å². The van der Waals surface area contributed by atoms with Gasteiger partial charge in [-0.25, -0.2) is 9.97 Å². The van der Waals surface area contributed by atoms with Gasteiger partial charge in [0.15, 0.2) is 0 Å². The Morgan fingerprint density at radius 3 is 2.50 bits per heavy atom. The summed E-state index contributed by atoms with van der Waals surface area (Å²) in [6, 6.07) is 8.69. The van der Waals surface area contributed by atoms with Gasteiger partial charge >= 0.3 is 0 Å². The Hall–Kier alpha value is -1.74. The van der Waals surface area contributed by atoms with Gasteiger partial charge in [-0.1, -0.05) is 23.8 Å². The van der Waals surface area contributed by atoms with Crippen LogP contribution in [0, 0.1) is 20.8 Å². The van der Waals surface area contributed by atoms with Gasteiger partial charge in [0.2, 0.25) is 0 Å². The number of nitrogens with two attached hydrogens (primary N) is 1. The maximum atomic E-state index is 5.81. The van der Waals surface area contributed by atoms with Crippen molar-refractivity contribution < 1.29 is 0 Å². The molecule has 0 aliphatic carbocycles. The molecule has 106 valence electrons. The molecule has 1 atom stereocenters. The summed E-state index contributed by atoms with van der Waals surface area (Å²) >= 11 is 0. The molecule has 2 rings (SSSR count). The highest BCUT2D eigenvalue weighted by Crippen LogP contribution is 2.23. The molecule has 3 nitrogen and oxygen atoms in total. The number of hydrogen-bond acceptors (Lipinski definition) is 3. The Balaban J connectivity index is 2.36. The predicted molar refractivity (Wildman–Crippen MR) is 83.6 cm³/mol. The number of hydrogen-bond donors (Lipinski definition) is 1. The molecule has 2 N–H and O–H groups in total.